The highest BCUT2D eigenvalue weighted by Gasteiger charge is 2.21. The van der Waals surface area contributed by atoms with Crippen LogP contribution in [0.15, 0.2) is 6.20 Å². The lowest BCUT2D eigenvalue weighted by atomic mass is 10.4. The predicted octanol–water partition coefficient (Wildman–Crippen LogP) is 0.264. The van der Waals surface area contributed by atoms with Crippen LogP contribution in [-0.2, 0) is 16.1 Å². The zero-order chi connectivity index (χ0) is 13.8. The monoisotopic (exact) mass is 266 g/mol. The van der Waals surface area contributed by atoms with Gasteiger partial charge in [0, 0.05) is 19.3 Å². The first-order chi connectivity index (χ1) is 9.11. The Morgan fingerprint density at radius 1 is 1.42 bits per heavy atom. The zero-order valence-electron chi connectivity index (χ0n) is 11.0. The van der Waals surface area contributed by atoms with Gasteiger partial charge in [0.2, 0.25) is 5.91 Å². The summed E-state index contributed by atoms with van der Waals surface area (Å²) in [6, 6.07) is 0. The van der Waals surface area contributed by atoms with Gasteiger partial charge in [-0.2, -0.15) is 5.10 Å². The second-order valence-corrected chi connectivity index (χ2v) is 4.44. The summed E-state index contributed by atoms with van der Waals surface area (Å²) in [5.74, 6) is -0.567. The Labute approximate surface area is 111 Å². The van der Waals surface area contributed by atoms with E-state index in [1.165, 1.54) is 10.9 Å². The molecule has 7 nitrogen and oxygen atoms in total. The average Bonchev–Trinajstić information content (AvgIpc) is 2.99. The minimum absolute atomic E-state index is 0.00425. The second kappa shape index (κ2) is 5.73. The highest BCUT2D eigenvalue weighted by Crippen LogP contribution is 2.12. The molecule has 2 N–H and O–H groups in total. The standard InChI is InChI=1S/C12H18N4O3/c1-2-19-12(18)11-9(13)7-16(14-11)8-10(17)15-5-3-4-6-15/h7H,2-6,8,13H2,1H3. The Morgan fingerprint density at radius 3 is 2.74 bits per heavy atom. The molecule has 1 aliphatic rings. The number of hydrogen-bond donors (Lipinski definition) is 1. The summed E-state index contributed by atoms with van der Waals surface area (Å²) < 4.78 is 6.23. The summed E-state index contributed by atoms with van der Waals surface area (Å²) in [5, 5.41) is 4.01. The maximum Gasteiger partial charge on any atom is 0.361 e. The van der Waals surface area contributed by atoms with Gasteiger partial charge in [-0.25, -0.2) is 4.79 Å². The van der Waals surface area contributed by atoms with Crippen LogP contribution in [0.3, 0.4) is 0 Å². The van der Waals surface area contributed by atoms with E-state index in [2.05, 4.69) is 5.10 Å². The molecular weight excluding hydrogens is 248 g/mol. The molecule has 1 aromatic rings. The van der Waals surface area contributed by atoms with Crippen LogP contribution in [0.2, 0.25) is 0 Å². The number of anilines is 1. The molecule has 1 fully saturated rings. The van der Waals surface area contributed by atoms with E-state index in [0.717, 1.165) is 25.9 Å². The highest BCUT2D eigenvalue weighted by atomic mass is 16.5. The van der Waals surface area contributed by atoms with Crippen molar-refractivity contribution in [3.05, 3.63) is 11.9 Å². The predicted molar refractivity (Wildman–Crippen MR) is 68.4 cm³/mol. The first-order valence-electron chi connectivity index (χ1n) is 6.39. The van der Waals surface area contributed by atoms with Gasteiger partial charge in [-0.05, 0) is 19.8 Å². The molecule has 0 saturated carbocycles. The molecule has 2 heterocycles. The average molecular weight is 266 g/mol. The summed E-state index contributed by atoms with van der Waals surface area (Å²) >= 11 is 0. The minimum atomic E-state index is -0.563. The van der Waals surface area contributed by atoms with Crippen molar-refractivity contribution in [1.82, 2.24) is 14.7 Å². The molecule has 19 heavy (non-hydrogen) atoms. The van der Waals surface area contributed by atoms with Crippen molar-refractivity contribution in [2.45, 2.75) is 26.3 Å². The number of esters is 1. The number of nitrogens with two attached hydrogens (primary N) is 1. The lowest BCUT2D eigenvalue weighted by Crippen LogP contribution is -2.31. The SMILES string of the molecule is CCOC(=O)c1nn(CC(=O)N2CCCC2)cc1N. The highest BCUT2D eigenvalue weighted by molar-refractivity contribution is 5.92. The number of nitrogen functional groups attached to an aromatic ring is 1. The Morgan fingerprint density at radius 2 is 2.11 bits per heavy atom. The summed E-state index contributed by atoms with van der Waals surface area (Å²) in [6.45, 7) is 3.66. The molecule has 0 bridgehead atoms. The van der Waals surface area contributed by atoms with Crippen LogP contribution >= 0.6 is 0 Å². The van der Waals surface area contributed by atoms with E-state index in [9.17, 15) is 9.59 Å². The van der Waals surface area contributed by atoms with E-state index in [0.29, 0.717) is 0 Å². The van der Waals surface area contributed by atoms with Gasteiger partial charge >= 0.3 is 5.97 Å². The molecule has 1 amide bonds. The van der Waals surface area contributed by atoms with Gasteiger partial charge in [-0.3, -0.25) is 9.48 Å². The third kappa shape index (κ3) is 3.04. The first kappa shape index (κ1) is 13.4. The van der Waals surface area contributed by atoms with Gasteiger partial charge in [0.15, 0.2) is 5.69 Å². The van der Waals surface area contributed by atoms with E-state index in [1.54, 1.807) is 11.8 Å². The molecule has 0 aliphatic carbocycles. The second-order valence-electron chi connectivity index (χ2n) is 4.44. The van der Waals surface area contributed by atoms with Crippen molar-refractivity contribution in [2.75, 3.05) is 25.4 Å². The first-order valence-corrected chi connectivity index (χ1v) is 6.39. The molecule has 7 heteroatoms. The number of ether oxygens (including phenoxy) is 1. The van der Waals surface area contributed by atoms with E-state index in [4.69, 9.17) is 10.5 Å². The topological polar surface area (TPSA) is 90.4 Å². The smallest absolute Gasteiger partial charge is 0.361 e. The lowest BCUT2D eigenvalue weighted by Gasteiger charge is -2.14. The van der Waals surface area contributed by atoms with Crippen LogP contribution in [0.1, 0.15) is 30.3 Å². The maximum atomic E-state index is 11.9. The summed E-state index contributed by atoms with van der Waals surface area (Å²) in [7, 11) is 0. The van der Waals surface area contributed by atoms with Gasteiger partial charge in [-0.1, -0.05) is 0 Å². The van der Waals surface area contributed by atoms with Crippen molar-refractivity contribution in [3.63, 3.8) is 0 Å². The lowest BCUT2D eigenvalue weighted by molar-refractivity contribution is -0.130. The van der Waals surface area contributed by atoms with Crippen molar-refractivity contribution < 1.29 is 14.3 Å². The van der Waals surface area contributed by atoms with Gasteiger partial charge in [0.05, 0.1) is 12.3 Å². The molecule has 0 spiro atoms. The van der Waals surface area contributed by atoms with Gasteiger partial charge in [-0.15, -0.1) is 0 Å². The molecule has 0 aromatic carbocycles. The summed E-state index contributed by atoms with van der Waals surface area (Å²) in [4.78, 5) is 25.3. The molecule has 1 saturated heterocycles. The third-order valence-electron chi connectivity index (χ3n) is 3.01. The largest absolute Gasteiger partial charge is 0.461 e. The van der Waals surface area contributed by atoms with Crippen molar-refractivity contribution >= 4 is 17.6 Å². The number of amides is 1. The Hall–Kier alpha value is -2.05. The number of likely N-dealkylation sites (tertiary alicyclic amines) is 1. The quantitative estimate of drug-likeness (QED) is 0.790. The number of aromatic nitrogens is 2. The molecule has 0 atom stereocenters. The minimum Gasteiger partial charge on any atom is -0.461 e. The van der Waals surface area contributed by atoms with Crippen molar-refractivity contribution in [3.8, 4) is 0 Å². The van der Waals surface area contributed by atoms with E-state index < -0.39 is 5.97 Å². The molecule has 104 valence electrons. The van der Waals surface area contributed by atoms with Crippen molar-refractivity contribution in [2.24, 2.45) is 0 Å². The number of carbonyl (C=O) groups excluding carboxylic acids is 2. The molecule has 1 aromatic heterocycles. The normalized spacial score (nSPS) is 14.7. The molecular formula is C12H18N4O3. The Bertz CT molecular complexity index is 477. The van der Waals surface area contributed by atoms with Gasteiger partial charge in [0.25, 0.3) is 0 Å². The maximum absolute atomic E-state index is 11.9. The Kier molecular flexibility index (Phi) is 4.03. The summed E-state index contributed by atoms with van der Waals surface area (Å²) in [5.41, 5.74) is 5.99. The Balaban J connectivity index is 2.03. The van der Waals surface area contributed by atoms with Gasteiger partial charge in [0.1, 0.15) is 6.54 Å². The van der Waals surface area contributed by atoms with Crippen LogP contribution < -0.4 is 5.73 Å². The van der Waals surface area contributed by atoms with Crippen LogP contribution in [0.25, 0.3) is 0 Å². The van der Waals surface area contributed by atoms with Crippen molar-refractivity contribution in [1.29, 1.82) is 0 Å². The molecule has 0 radical (unpaired) electrons. The number of nitrogens with zero attached hydrogens (tertiary/aromatic N) is 3. The number of carbonyl (C=O) groups is 2. The zero-order valence-corrected chi connectivity index (χ0v) is 11.0. The van der Waals surface area contributed by atoms with Gasteiger partial charge < -0.3 is 15.4 Å². The third-order valence-corrected chi connectivity index (χ3v) is 3.01. The van der Waals surface area contributed by atoms with Crippen LogP contribution in [0.4, 0.5) is 5.69 Å². The fourth-order valence-corrected chi connectivity index (χ4v) is 2.08. The number of hydrogen-bond acceptors (Lipinski definition) is 5. The fourth-order valence-electron chi connectivity index (χ4n) is 2.08. The molecule has 0 unspecified atom stereocenters. The van der Waals surface area contributed by atoms with E-state index >= 15 is 0 Å². The molecule has 1 aliphatic heterocycles. The van der Waals surface area contributed by atoms with E-state index in [1.807, 2.05) is 0 Å². The van der Waals surface area contributed by atoms with Crippen LogP contribution in [0, 0.1) is 0 Å². The van der Waals surface area contributed by atoms with Crippen LogP contribution in [0.5, 0.6) is 0 Å². The van der Waals surface area contributed by atoms with E-state index in [-0.39, 0.29) is 30.4 Å². The summed E-state index contributed by atoms with van der Waals surface area (Å²) in [6.07, 6.45) is 3.57. The van der Waals surface area contributed by atoms with Crippen LogP contribution in [-0.4, -0.2) is 46.3 Å². The molecule has 2 rings (SSSR count). The number of rotatable bonds is 4. The fraction of sp³-hybridized carbons (Fsp3) is 0.583.